The number of benzene rings is 1. The van der Waals surface area contributed by atoms with Gasteiger partial charge in [0.15, 0.2) is 0 Å². The van der Waals surface area contributed by atoms with Gasteiger partial charge >= 0.3 is 0 Å². The van der Waals surface area contributed by atoms with E-state index >= 15 is 0 Å². The van der Waals surface area contributed by atoms with E-state index in [4.69, 9.17) is 4.74 Å². The minimum atomic E-state index is -3.93. The first kappa shape index (κ1) is 19.3. The predicted molar refractivity (Wildman–Crippen MR) is 100 cm³/mol. The number of amides is 1. The molecule has 2 aromatic rings. The molecule has 0 unspecified atom stereocenters. The Labute approximate surface area is 157 Å². The van der Waals surface area contributed by atoms with Gasteiger partial charge in [0.05, 0.1) is 13.2 Å². The molecule has 27 heavy (non-hydrogen) atoms. The fourth-order valence-corrected chi connectivity index (χ4v) is 4.32. The van der Waals surface area contributed by atoms with Crippen molar-refractivity contribution >= 4 is 21.6 Å². The molecule has 1 aromatic carbocycles. The Bertz CT molecular complexity index is 994. The summed E-state index contributed by atoms with van der Waals surface area (Å²) in [5.41, 5.74) is 0.818. The number of morpholine rings is 1. The van der Waals surface area contributed by atoms with Crippen molar-refractivity contribution in [3.8, 4) is 0 Å². The van der Waals surface area contributed by atoms with Crippen LogP contribution in [0.25, 0.3) is 0 Å². The first-order valence-electron chi connectivity index (χ1n) is 8.52. The highest BCUT2D eigenvalue weighted by Gasteiger charge is 2.29. The van der Waals surface area contributed by atoms with E-state index in [-0.39, 0.29) is 24.5 Å². The number of sulfonamides is 1. The molecule has 1 aromatic heterocycles. The lowest BCUT2D eigenvalue weighted by Crippen LogP contribution is -2.43. The van der Waals surface area contributed by atoms with E-state index < -0.39 is 21.5 Å². The van der Waals surface area contributed by atoms with Crippen LogP contribution in [0.4, 0.5) is 5.69 Å². The summed E-state index contributed by atoms with van der Waals surface area (Å²) in [6, 6.07) is 9.99. The number of carbonyl (C=O) groups is 1. The number of carbonyl (C=O) groups excluding carboxylic acids is 1. The van der Waals surface area contributed by atoms with Gasteiger partial charge in [0.1, 0.15) is 11.4 Å². The molecule has 0 bridgehead atoms. The van der Waals surface area contributed by atoms with E-state index in [1.807, 2.05) is 19.1 Å². The average molecular weight is 391 g/mol. The molecule has 1 saturated heterocycles. The zero-order chi connectivity index (χ0) is 19.4. The number of hydrogen-bond acceptors (Lipinski definition) is 5. The van der Waals surface area contributed by atoms with Crippen molar-refractivity contribution in [1.82, 2.24) is 8.87 Å². The van der Waals surface area contributed by atoms with Gasteiger partial charge in [-0.1, -0.05) is 18.2 Å². The molecule has 1 fully saturated rings. The number of rotatable bonds is 5. The molecular weight excluding hydrogens is 370 g/mol. The average Bonchev–Trinajstić information content (AvgIpc) is 2.66. The normalized spacial score (nSPS) is 15.4. The number of ether oxygens (including phenoxy) is 1. The van der Waals surface area contributed by atoms with Crippen LogP contribution in [0, 0.1) is 6.92 Å². The van der Waals surface area contributed by atoms with Crippen LogP contribution >= 0.6 is 0 Å². The van der Waals surface area contributed by atoms with Crippen molar-refractivity contribution in [3.05, 3.63) is 58.5 Å². The van der Waals surface area contributed by atoms with Crippen LogP contribution in [0.5, 0.6) is 0 Å². The van der Waals surface area contributed by atoms with Crippen molar-refractivity contribution in [2.24, 2.45) is 0 Å². The van der Waals surface area contributed by atoms with Gasteiger partial charge in [-0.25, -0.2) is 8.42 Å². The molecule has 3 rings (SSSR count). The Balaban J connectivity index is 1.82. The monoisotopic (exact) mass is 391 g/mol. The Morgan fingerprint density at radius 3 is 2.56 bits per heavy atom. The van der Waals surface area contributed by atoms with E-state index in [2.05, 4.69) is 5.32 Å². The van der Waals surface area contributed by atoms with Gasteiger partial charge in [0.2, 0.25) is 15.9 Å². The Kier molecular flexibility index (Phi) is 5.73. The van der Waals surface area contributed by atoms with E-state index in [0.29, 0.717) is 18.9 Å². The first-order valence-corrected chi connectivity index (χ1v) is 9.96. The third kappa shape index (κ3) is 4.26. The van der Waals surface area contributed by atoms with Crippen LogP contribution in [-0.2, 0) is 26.1 Å². The molecule has 1 N–H and O–H groups in total. The highest BCUT2D eigenvalue weighted by atomic mass is 32.2. The summed E-state index contributed by atoms with van der Waals surface area (Å²) in [6.45, 7) is 2.56. The fraction of sp³-hybridized carbons (Fsp3) is 0.333. The second-order valence-electron chi connectivity index (χ2n) is 6.19. The second-order valence-corrected chi connectivity index (χ2v) is 8.09. The molecule has 144 valence electrons. The van der Waals surface area contributed by atoms with Crippen LogP contribution in [0.1, 0.15) is 5.56 Å². The van der Waals surface area contributed by atoms with Gasteiger partial charge in [-0.05, 0) is 30.7 Å². The number of hydrogen-bond donors (Lipinski definition) is 1. The SMILES string of the molecule is Cc1ccccc1NC(=O)Cn1cccc(S(=O)(=O)N2CCOCC2)c1=O. The third-order valence-corrected chi connectivity index (χ3v) is 6.22. The molecule has 0 spiro atoms. The molecule has 8 nitrogen and oxygen atoms in total. The van der Waals surface area contributed by atoms with Gasteiger partial charge in [-0.3, -0.25) is 9.59 Å². The van der Waals surface area contributed by atoms with Crippen LogP contribution < -0.4 is 10.9 Å². The van der Waals surface area contributed by atoms with Crippen molar-refractivity contribution in [2.45, 2.75) is 18.4 Å². The molecule has 9 heteroatoms. The molecule has 0 saturated carbocycles. The summed E-state index contributed by atoms with van der Waals surface area (Å²) >= 11 is 0. The summed E-state index contributed by atoms with van der Waals surface area (Å²) in [5.74, 6) is -0.410. The summed E-state index contributed by atoms with van der Waals surface area (Å²) in [7, 11) is -3.93. The highest BCUT2D eigenvalue weighted by Crippen LogP contribution is 2.14. The Morgan fingerprint density at radius 2 is 1.85 bits per heavy atom. The van der Waals surface area contributed by atoms with E-state index in [1.54, 1.807) is 12.1 Å². The van der Waals surface area contributed by atoms with E-state index in [1.165, 1.54) is 22.6 Å². The predicted octanol–water partition coefficient (Wildman–Crippen LogP) is 0.816. The van der Waals surface area contributed by atoms with Gasteiger partial charge in [0, 0.05) is 25.0 Å². The lowest BCUT2D eigenvalue weighted by atomic mass is 10.2. The second kappa shape index (κ2) is 8.03. The topological polar surface area (TPSA) is 97.7 Å². The molecule has 1 aliphatic heterocycles. The van der Waals surface area contributed by atoms with Crippen LogP contribution in [0.15, 0.2) is 52.3 Å². The number of nitrogens with zero attached hydrogens (tertiary/aromatic N) is 2. The van der Waals surface area contributed by atoms with Crippen molar-refractivity contribution in [2.75, 3.05) is 31.6 Å². The maximum Gasteiger partial charge on any atom is 0.271 e. The largest absolute Gasteiger partial charge is 0.379 e. The number of aryl methyl sites for hydroxylation is 1. The van der Waals surface area contributed by atoms with Crippen LogP contribution in [0.2, 0.25) is 0 Å². The third-order valence-electron chi connectivity index (χ3n) is 4.31. The van der Waals surface area contributed by atoms with Crippen LogP contribution in [-0.4, -0.2) is 49.5 Å². The summed E-state index contributed by atoms with van der Waals surface area (Å²) in [6.07, 6.45) is 1.40. The van der Waals surface area contributed by atoms with E-state index in [0.717, 1.165) is 10.1 Å². The fourth-order valence-electron chi connectivity index (χ4n) is 2.82. The lowest BCUT2D eigenvalue weighted by Gasteiger charge is -2.25. The minimum Gasteiger partial charge on any atom is -0.379 e. The Hall–Kier alpha value is -2.49. The molecule has 0 aliphatic carbocycles. The van der Waals surface area contributed by atoms with Crippen molar-refractivity contribution < 1.29 is 17.9 Å². The quantitative estimate of drug-likeness (QED) is 0.814. The molecule has 1 amide bonds. The number of nitrogens with one attached hydrogen (secondary N) is 1. The van der Waals surface area contributed by atoms with Crippen LogP contribution in [0.3, 0.4) is 0 Å². The van der Waals surface area contributed by atoms with Crippen molar-refractivity contribution in [3.63, 3.8) is 0 Å². The van der Waals surface area contributed by atoms with Gasteiger partial charge in [-0.15, -0.1) is 0 Å². The number of para-hydroxylation sites is 1. The maximum absolute atomic E-state index is 12.7. The summed E-state index contributed by atoms with van der Waals surface area (Å²) < 4.78 is 33.0. The van der Waals surface area contributed by atoms with Crippen molar-refractivity contribution in [1.29, 1.82) is 0 Å². The molecule has 0 atom stereocenters. The van der Waals surface area contributed by atoms with E-state index in [9.17, 15) is 18.0 Å². The highest BCUT2D eigenvalue weighted by molar-refractivity contribution is 7.89. The lowest BCUT2D eigenvalue weighted by molar-refractivity contribution is -0.116. The summed E-state index contributed by atoms with van der Waals surface area (Å²) in [4.78, 5) is 24.6. The molecule has 0 radical (unpaired) electrons. The molecule has 1 aliphatic rings. The first-order chi connectivity index (χ1) is 12.9. The zero-order valence-corrected chi connectivity index (χ0v) is 15.7. The number of aromatic nitrogens is 1. The zero-order valence-electron chi connectivity index (χ0n) is 14.9. The number of pyridine rings is 1. The molecular formula is C18H21N3O5S. The van der Waals surface area contributed by atoms with Gasteiger partial charge < -0.3 is 14.6 Å². The smallest absolute Gasteiger partial charge is 0.271 e. The molecule has 2 heterocycles. The summed E-state index contributed by atoms with van der Waals surface area (Å²) in [5, 5.41) is 2.73. The maximum atomic E-state index is 12.7. The minimum absolute atomic E-state index is 0.199. The van der Waals surface area contributed by atoms with Gasteiger partial charge in [0.25, 0.3) is 5.56 Å². The Morgan fingerprint density at radius 1 is 1.15 bits per heavy atom. The van der Waals surface area contributed by atoms with Gasteiger partial charge in [-0.2, -0.15) is 4.31 Å². The number of anilines is 1. The standard InChI is InChI=1S/C18H21N3O5S/c1-14-5-2-3-6-15(14)19-17(22)13-20-8-4-7-16(18(20)23)27(24,25)21-9-11-26-12-10-21/h2-8H,9-13H2,1H3,(H,19,22).